The molecule has 0 atom stereocenters. The van der Waals surface area contributed by atoms with Gasteiger partial charge in [0.1, 0.15) is 0 Å². The van der Waals surface area contributed by atoms with E-state index in [1.807, 2.05) is 52.6 Å². The number of carbonyl (C=O) groups excluding carboxylic acids is 1. The molecule has 2 N–H and O–H groups in total. The minimum absolute atomic E-state index is 0.0378. The van der Waals surface area contributed by atoms with Gasteiger partial charge in [-0.3, -0.25) is 9.20 Å². The Morgan fingerprint density at radius 3 is 3.17 bits per heavy atom. The SMILES string of the molecule is O=C(Cc1c[nH]c2ccccc12)NCCc1cn2ccsc2n1. The van der Waals surface area contributed by atoms with Crippen LogP contribution in [0.2, 0.25) is 0 Å². The number of carbonyl (C=O) groups is 1. The van der Waals surface area contributed by atoms with E-state index in [9.17, 15) is 4.79 Å². The highest BCUT2D eigenvalue weighted by atomic mass is 32.1. The molecule has 4 rings (SSSR count). The summed E-state index contributed by atoms with van der Waals surface area (Å²) in [5.74, 6) is 0.0378. The number of hydrogen-bond donors (Lipinski definition) is 2. The third kappa shape index (κ3) is 2.85. The molecule has 0 radical (unpaired) electrons. The van der Waals surface area contributed by atoms with Crippen LogP contribution < -0.4 is 5.32 Å². The molecule has 0 bridgehead atoms. The number of H-pyrrole nitrogens is 1. The van der Waals surface area contributed by atoms with Crippen LogP contribution >= 0.6 is 11.3 Å². The van der Waals surface area contributed by atoms with Crippen LogP contribution in [0.4, 0.5) is 0 Å². The summed E-state index contributed by atoms with van der Waals surface area (Å²) in [4.78, 5) is 20.8. The number of hydrogen-bond acceptors (Lipinski definition) is 3. The topological polar surface area (TPSA) is 62.2 Å². The van der Waals surface area contributed by atoms with Gasteiger partial charge in [0.15, 0.2) is 4.96 Å². The van der Waals surface area contributed by atoms with Crippen molar-refractivity contribution in [3.63, 3.8) is 0 Å². The van der Waals surface area contributed by atoms with Crippen LogP contribution in [0.25, 0.3) is 15.9 Å². The number of benzene rings is 1. The standard InChI is InChI=1S/C17H16N4OS/c22-16(9-12-10-19-15-4-2-1-3-14(12)15)18-6-5-13-11-21-7-8-23-17(21)20-13/h1-4,7-8,10-11,19H,5-6,9H2,(H,18,22). The summed E-state index contributed by atoms with van der Waals surface area (Å²) in [5.41, 5.74) is 3.10. The number of para-hydroxylation sites is 1. The van der Waals surface area contributed by atoms with Crippen molar-refractivity contribution in [2.75, 3.05) is 6.54 Å². The first-order valence-corrected chi connectivity index (χ1v) is 8.40. The van der Waals surface area contributed by atoms with Crippen LogP contribution in [0.1, 0.15) is 11.3 Å². The van der Waals surface area contributed by atoms with Crippen molar-refractivity contribution in [3.8, 4) is 0 Å². The van der Waals surface area contributed by atoms with E-state index < -0.39 is 0 Å². The smallest absolute Gasteiger partial charge is 0.224 e. The van der Waals surface area contributed by atoms with Gasteiger partial charge in [0, 0.05) is 47.8 Å². The van der Waals surface area contributed by atoms with E-state index in [1.54, 1.807) is 11.3 Å². The van der Waals surface area contributed by atoms with Gasteiger partial charge in [-0.25, -0.2) is 4.98 Å². The zero-order valence-electron chi connectivity index (χ0n) is 12.5. The molecule has 5 nitrogen and oxygen atoms in total. The molecule has 116 valence electrons. The minimum atomic E-state index is 0.0378. The molecule has 1 amide bonds. The molecule has 23 heavy (non-hydrogen) atoms. The van der Waals surface area contributed by atoms with Crippen molar-refractivity contribution in [1.82, 2.24) is 19.7 Å². The van der Waals surface area contributed by atoms with Gasteiger partial charge in [0.05, 0.1) is 12.1 Å². The van der Waals surface area contributed by atoms with Crippen LogP contribution in [0, 0.1) is 0 Å². The molecule has 3 heterocycles. The van der Waals surface area contributed by atoms with Crippen LogP contribution in [0.5, 0.6) is 0 Å². The van der Waals surface area contributed by atoms with Crippen LogP contribution in [-0.4, -0.2) is 26.8 Å². The number of nitrogens with one attached hydrogen (secondary N) is 2. The number of thiazole rings is 1. The second kappa shape index (κ2) is 5.89. The molecule has 0 fully saturated rings. The molecular weight excluding hydrogens is 308 g/mol. The fourth-order valence-electron chi connectivity index (χ4n) is 2.74. The highest BCUT2D eigenvalue weighted by molar-refractivity contribution is 7.15. The largest absolute Gasteiger partial charge is 0.361 e. The molecule has 0 spiro atoms. The van der Waals surface area contributed by atoms with E-state index in [0.717, 1.165) is 33.5 Å². The van der Waals surface area contributed by atoms with E-state index in [4.69, 9.17) is 0 Å². The lowest BCUT2D eigenvalue weighted by molar-refractivity contribution is -0.120. The first-order chi connectivity index (χ1) is 11.3. The predicted molar refractivity (Wildman–Crippen MR) is 91.8 cm³/mol. The maximum Gasteiger partial charge on any atom is 0.224 e. The minimum Gasteiger partial charge on any atom is -0.361 e. The van der Waals surface area contributed by atoms with Gasteiger partial charge in [0.2, 0.25) is 5.91 Å². The zero-order chi connectivity index (χ0) is 15.6. The van der Waals surface area contributed by atoms with Crippen molar-refractivity contribution in [2.24, 2.45) is 0 Å². The van der Waals surface area contributed by atoms with Gasteiger partial charge in [-0.1, -0.05) is 18.2 Å². The maximum absolute atomic E-state index is 12.1. The normalized spacial score (nSPS) is 11.3. The van der Waals surface area contributed by atoms with Crippen molar-refractivity contribution in [3.05, 3.63) is 59.5 Å². The number of aromatic amines is 1. The van der Waals surface area contributed by atoms with Gasteiger partial charge in [-0.2, -0.15) is 0 Å². The van der Waals surface area contributed by atoms with Crippen LogP contribution in [0.3, 0.4) is 0 Å². The van der Waals surface area contributed by atoms with E-state index >= 15 is 0 Å². The maximum atomic E-state index is 12.1. The third-order valence-electron chi connectivity index (χ3n) is 3.87. The fourth-order valence-corrected chi connectivity index (χ4v) is 3.46. The molecule has 0 saturated heterocycles. The zero-order valence-corrected chi connectivity index (χ0v) is 13.3. The molecular formula is C17H16N4OS. The molecule has 1 aromatic carbocycles. The Kier molecular flexibility index (Phi) is 3.59. The predicted octanol–water partition coefficient (Wildman–Crippen LogP) is 2.78. The van der Waals surface area contributed by atoms with Gasteiger partial charge in [-0.15, -0.1) is 11.3 Å². The Labute approximate surface area is 137 Å². The van der Waals surface area contributed by atoms with Crippen molar-refractivity contribution >= 4 is 33.1 Å². The van der Waals surface area contributed by atoms with Crippen molar-refractivity contribution in [2.45, 2.75) is 12.8 Å². The fraction of sp³-hybridized carbons (Fsp3) is 0.176. The summed E-state index contributed by atoms with van der Waals surface area (Å²) in [6.45, 7) is 0.603. The van der Waals surface area contributed by atoms with E-state index in [2.05, 4.69) is 15.3 Å². The van der Waals surface area contributed by atoms with Crippen LogP contribution in [-0.2, 0) is 17.6 Å². The lowest BCUT2D eigenvalue weighted by Gasteiger charge is -2.03. The average Bonchev–Trinajstić information content (AvgIpc) is 3.22. The van der Waals surface area contributed by atoms with Gasteiger partial charge in [-0.05, 0) is 11.6 Å². The monoisotopic (exact) mass is 324 g/mol. The average molecular weight is 324 g/mol. The lowest BCUT2D eigenvalue weighted by atomic mass is 10.1. The number of amides is 1. The number of rotatable bonds is 5. The molecule has 0 aliphatic rings. The molecule has 0 saturated carbocycles. The Morgan fingerprint density at radius 2 is 2.26 bits per heavy atom. The molecule has 0 aliphatic carbocycles. The Balaban J connectivity index is 1.34. The van der Waals surface area contributed by atoms with E-state index in [1.165, 1.54) is 0 Å². The second-order valence-electron chi connectivity index (χ2n) is 5.46. The second-order valence-corrected chi connectivity index (χ2v) is 6.33. The van der Waals surface area contributed by atoms with E-state index in [0.29, 0.717) is 13.0 Å². The number of fused-ring (bicyclic) bond motifs is 2. The molecule has 0 aliphatic heterocycles. The Hall–Kier alpha value is -2.60. The number of nitrogens with zero attached hydrogens (tertiary/aromatic N) is 2. The first-order valence-electron chi connectivity index (χ1n) is 7.52. The summed E-state index contributed by atoms with van der Waals surface area (Å²) in [5, 5.41) is 6.09. The highest BCUT2D eigenvalue weighted by Gasteiger charge is 2.09. The first kappa shape index (κ1) is 14.0. The van der Waals surface area contributed by atoms with Crippen molar-refractivity contribution < 1.29 is 4.79 Å². The lowest BCUT2D eigenvalue weighted by Crippen LogP contribution is -2.27. The third-order valence-corrected chi connectivity index (χ3v) is 4.64. The van der Waals surface area contributed by atoms with Crippen molar-refractivity contribution in [1.29, 1.82) is 0 Å². The van der Waals surface area contributed by atoms with Gasteiger partial charge in [0.25, 0.3) is 0 Å². The molecule has 3 aromatic heterocycles. The Morgan fingerprint density at radius 1 is 1.35 bits per heavy atom. The number of aromatic nitrogens is 3. The number of imidazole rings is 1. The quantitative estimate of drug-likeness (QED) is 0.593. The Bertz CT molecular complexity index is 937. The van der Waals surface area contributed by atoms with E-state index in [-0.39, 0.29) is 5.91 Å². The summed E-state index contributed by atoms with van der Waals surface area (Å²) >= 11 is 1.61. The van der Waals surface area contributed by atoms with Gasteiger partial charge >= 0.3 is 0 Å². The summed E-state index contributed by atoms with van der Waals surface area (Å²) in [6, 6.07) is 8.02. The highest BCUT2D eigenvalue weighted by Crippen LogP contribution is 2.18. The molecule has 4 aromatic rings. The summed E-state index contributed by atoms with van der Waals surface area (Å²) in [6.07, 6.45) is 7.05. The summed E-state index contributed by atoms with van der Waals surface area (Å²) in [7, 11) is 0. The van der Waals surface area contributed by atoms with Gasteiger partial charge < -0.3 is 10.3 Å². The molecule has 0 unspecified atom stereocenters. The summed E-state index contributed by atoms with van der Waals surface area (Å²) < 4.78 is 2.01. The van der Waals surface area contributed by atoms with Crippen LogP contribution in [0.15, 0.2) is 48.2 Å². The molecule has 6 heteroatoms.